The molecule has 10 heteroatoms. The van der Waals surface area contributed by atoms with Gasteiger partial charge in [-0.15, -0.1) is 10.2 Å². The van der Waals surface area contributed by atoms with E-state index in [0.29, 0.717) is 22.4 Å². The van der Waals surface area contributed by atoms with E-state index in [1.807, 2.05) is 0 Å². The predicted octanol–water partition coefficient (Wildman–Crippen LogP) is 6.53. The second kappa shape index (κ2) is 7.00. The molecule has 0 radical (unpaired) electrons. The Hall–Kier alpha value is -3.56. The van der Waals surface area contributed by atoms with Crippen LogP contribution >= 0.6 is 0 Å². The van der Waals surface area contributed by atoms with Gasteiger partial charge in [0.2, 0.25) is 0 Å². The Kier molecular flexibility index (Phi) is 4.68. The molecule has 1 N–H and O–H groups in total. The summed E-state index contributed by atoms with van der Waals surface area (Å²) in [5.41, 5.74) is -1.88. The molecular formula is C21H12F6N4. The fraction of sp³-hybridized carbons (Fsp3) is 0.143. The molecule has 158 valence electrons. The van der Waals surface area contributed by atoms with E-state index in [4.69, 9.17) is 5.41 Å². The summed E-state index contributed by atoms with van der Waals surface area (Å²) < 4.78 is 77.1. The second-order valence-electron chi connectivity index (χ2n) is 6.83. The van der Waals surface area contributed by atoms with E-state index < -0.39 is 23.7 Å². The second-order valence-corrected chi connectivity index (χ2v) is 6.83. The van der Waals surface area contributed by atoms with Crippen molar-refractivity contribution in [2.24, 2.45) is 10.2 Å². The monoisotopic (exact) mass is 434 g/mol. The fourth-order valence-electron chi connectivity index (χ4n) is 3.04. The van der Waals surface area contributed by atoms with Crippen molar-refractivity contribution in [2.75, 3.05) is 0 Å². The van der Waals surface area contributed by atoms with Crippen molar-refractivity contribution in [1.29, 1.82) is 5.41 Å². The van der Waals surface area contributed by atoms with E-state index in [1.54, 1.807) is 12.1 Å². The van der Waals surface area contributed by atoms with Crippen LogP contribution in [0, 0.1) is 5.41 Å². The lowest BCUT2D eigenvalue weighted by Gasteiger charge is -2.15. The van der Waals surface area contributed by atoms with Gasteiger partial charge in [0.15, 0.2) is 0 Å². The number of halogens is 6. The molecule has 0 saturated carbocycles. The van der Waals surface area contributed by atoms with Crippen molar-refractivity contribution in [1.82, 2.24) is 4.98 Å². The minimum atomic E-state index is -4.72. The molecule has 0 aliphatic carbocycles. The van der Waals surface area contributed by atoms with Crippen LogP contribution in [-0.4, -0.2) is 23.0 Å². The van der Waals surface area contributed by atoms with Gasteiger partial charge in [0.25, 0.3) is 0 Å². The first-order valence-corrected chi connectivity index (χ1v) is 8.86. The number of rotatable bonds is 4. The largest absolute Gasteiger partial charge is 0.442 e. The van der Waals surface area contributed by atoms with Gasteiger partial charge in [0.1, 0.15) is 5.71 Å². The molecule has 0 bridgehead atoms. The minimum Gasteiger partial charge on any atom is -0.296 e. The Bertz CT molecular complexity index is 1140. The summed E-state index contributed by atoms with van der Waals surface area (Å²) in [6.45, 7) is 0. The zero-order chi connectivity index (χ0) is 22.4. The molecule has 0 unspecified atom stereocenters. The van der Waals surface area contributed by atoms with E-state index >= 15 is 0 Å². The average Bonchev–Trinajstić information content (AvgIpc) is 3.55. The van der Waals surface area contributed by atoms with E-state index in [2.05, 4.69) is 15.2 Å². The average molecular weight is 434 g/mol. The maximum atomic E-state index is 13.1. The topological polar surface area (TPSA) is 61.5 Å². The van der Waals surface area contributed by atoms with Crippen molar-refractivity contribution in [3.63, 3.8) is 0 Å². The van der Waals surface area contributed by atoms with Crippen LogP contribution in [0.2, 0.25) is 0 Å². The summed E-state index contributed by atoms with van der Waals surface area (Å²) in [5.74, 6) is 0. The molecule has 0 atom stereocenters. The molecule has 1 aliphatic heterocycles. The normalized spacial score (nSPS) is 15.0. The third kappa shape index (κ3) is 3.80. The summed E-state index contributed by atoms with van der Waals surface area (Å²) >= 11 is 0. The molecule has 2 aromatic carbocycles. The minimum absolute atomic E-state index is 0.0788. The van der Waals surface area contributed by atoms with Crippen molar-refractivity contribution < 1.29 is 26.3 Å². The highest BCUT2D eigenvalue weighted by molar-refractivity contribution is 6.02. The van der Waals surface area contributed by atoms with Crippen molar-refractivity contribution in [2.45, 2.75) is 18.0 Å². The van der Waals surface area contributed by atoms with Gasteiger partial charge in [-0.2, -0.15) is 26.3 Å². The van der Waals surface area contributed by atoms with Gasteiger partial charge in [-0.25, -0.2) is 0 Å². The molecular weight excluding hydrogens is 422 g/mol. The van der Waals surface area contributed by atoms with Crippen molar-refractivity contribution >= 4 is 5.71 Å². The summed E-state index contributed by atoms with van der Waals surface area (Å²) in [5, 5.41) is 13.5. The Balaban J connectivity index is 1.52. The van der Waals surface area contributed by atoms with Gasteiger partial charge >= 0.3 is 18.0 Å². The molecule has 3 aromatic rings. The number of hydrogen-bond donors (Lipinski definition) is 1. The third-order valence-corrected chi connectivity index (χ3v) is 4.83. The number of pyridine rings is 1. The number of hydrogen-bond acceptors (Lipinski definition) is 4. The van der Waals surface area contributed by atoms with Gasteiger partial charge < -0.3 is 0 Å². The Labute approximate surface area is 171 Å². The highest BCUT2D eigenvalue weighted by atomic mass is 19.4. The molecule has 1 aliphatic rings. The summed E-state index contributed by atoms with van der Waals surface area (Å²) in [4.78, 5) is 4.29. The van der Waals surface area contributed by atoms with Crippen LogP contribution in [0.5, 0.6) is 0 Å². The van der Waals surface area contributed by atoms with Crippen LogP contribution in [0.3, 0.4) is 0 Å². The molecule has 0 saturated heterocycles. The molecule has 0 amide bonds. The number of nitrogens with one attached hydrogen (secondary N) is 1. The molecule has 0 fully saturated rings. The maximum absolute atomic E-state index is 13.1. The zero-order valence-electron chi connectivity index (χ0n) is 15.5. The van der Waals surface area contributed by atoms with Crippen LogP contribution in [0.4, 0.5) is 26.3 Å². The number of alkyl halides is 6. The predicted molar refractivity (Wildman–Crippen MR) is 101 cm³/mol. The number of nitrogens with zero attached hydrogens (tertiary/aromatic N) is 3. The van der Waals surface area contributed by atoms with Crippen molar-refractivity contribution in [3.05, 3.63) is 78.0 Å². The lowest BCUT2D eigenvalue weighted by atomic mass is 9.99. The molecule has 2 heterocycles. The first-order valence-electron chi connectivity index (χ1n) is 8.86. The summed E-state index contributed by atoms with van der Waals surface area (Å²) in [7, 11) is 0. The zero-order valence-corrected chi connectivity index (χ0v) is 15.5. The van der Waals surface area contributed by atoms with Crippen LogP contribution in [0.15, 0.2) is 77.1 Å². The number of benzene rings is 2. The van der Waals surface area contributed by atoms with Crippen LogP contribution in [-0.2, 0) is 5.66 Å². The van der Waals surface area contributed by atoms with E-state index in [0.717, 1.165) is 0 Å². The lowest BCUT2D eigenvalue weighted by molar-refractivity contribution is -0.166. The fourth-order valence-corrected chi connectivity index (χ4v) is 3.04. The van der Waals surface area contributed by atoms with Crippen LogP contribution < -0.4 is 0 Å². The van der Waals surface area contributed by atoms with Crippen LogP contribution in [0.1, 0.15) is 11.1 Å². The van der Waals surface area contributed by atoms with E-state index in [9.17, 15) is 26.3 Å². The van der Waals surface area contributed by atoms with Gasteiger partial charge in [-0.05, 0) is 11.6 Å². The standard InChI is InChI=1S/C21H12F6N4/c22-20(23,24)18(28)14-3-1-12(2-4-14)15-7-10-17(29-11-15)13-5-8-16(9-6-13)19(30-31-19)21(25,26)27/h1-11,28H. The van der Waals surface area contributed by atoms with Gasteiger partial charge in [0, 0.05) is 28.5 Å². The smallest absolute Gasteiger partial charge is 0.296 e. The highest BCUT2D eigenvalue weighted by Gasteiger charge is 2.65. The Morgan fingerprint density at radius 3 is 1.71 bits per heavy atom. The van der Waals surface area contributed by atoms with Gasteiger partial charge in [-0.3, -0.25) is 10.4 Å². The number of aromatic nitrogens is 1. The molecule has 4 nitrogen and oxygen atoms in total. The summed E-state index contributed by atoms with van der Waals surface area (Å²) in [6, 6.07) is 14.3. The first kappa shape index (κ1) is 20.7. The molecule has 1 aromatic heterocycles. The van der Waals surface area contributed by atoms with Crippen LogP contribution in [0.25, 0.3) is 22.4 Å². The lowest BCUT2D eigenvalue weighted by Crippen LogP contribution is -2.29. The molecule has 0 spiro atoms. The SMILES string of the molecule is N=C(c1ccc(-c2ccc(-c3ccc(C4(C(F)(F)F)N=N4)cc3)nc2)cc1)C(F)(F)F. The van der Waals surface area contributed by atoms with Gasteiger partial charge in [-0.1, -0.05) is 54.6 Å². The van der Waals surface area contributed by atoms with E-state index in [-0.39, 0.29) is 11.1 Å². The van der Waals surface area contributed by atoms with E-state index in [1.165, 1.54) is 54.7 Å². The summed E-state index contributed by atoms with van der Waals surface area (Å²) in [6.07, 6.45) is -7.81. The first-order chi connectivity index (χ1) is 14.5. The highest BCUT2D eigenvalue weighted by Crippen LogP contribution is 2.52. The maximum Gasteiger partial charge on any atom is 0.442 e. The van der Waals surface area contributed by atoms with Crippen molar-refractivity contribution in [3.8, 4) is 22.4 Å². The molecule has 31 heavy (non-hydrogen) atoms. The quantitative estimate of drug-likeness (QED) is 0.369. The Morgan fingerprint density at radius 1 is 0.710 bits per heavy atom. The molecule has 4 rings (SSSR count). The van der Waals surface area contributed by atoms with Gasteiger partial charge in [0.05, 0.1) is 5.69 Å². The Morgan fingerprint density at radius 2 is 1.26 bits per heavy atom. The third-order valence-electron chi connectivity index (χ3n) is 4.83.